The maximum Gasteiger partial charge on any atom is 0.0668 e. The molecule has 4 nitrogen and oxygen atoms in total. The highest BCUT2D eigenvalue weighted by molar-refractivity contribution is 5.33. The van der Waals surface area contributed by atoms with Gasteiger partial charge in [0.1, 0.15) is 0 Å². The fraction of sp³-hybridized carbons (Fsp3) is 0.438. The Morgan fingerprint density at radius 1 is 1.20 bits per heavy atom. The minimum absolute atomic E-state index is 0.727. The van der Waals surface area contributed by atoms with E-state index in [1.807, 2.05) is 6.20 Å². The monoisotopic (exact) mass is 273 g/mol. The molecular formula is C16H23N3O. The van der Waals surface area contributed by atoms with Crippen LogP contribution in [0.25, 0.3) is 0 Å². The van der Waals surface area contributed by atoms with Crippen LogP contribution in [0.3, 0.4) is 0 Å². The van der Waals surface area contributed by atoms with Crippen molar-refractivity contribution < 1.29 is 4.74 Å². The molecule has 108 valence electrons. The molecule has 0 saturated heterocycles. The highest BCUT2D eigenvalue weighted by Gasteiger charge is 2.07. The third-order valence-electron chi connectivity index (χ3n) is 3.55. The third kappa shape index (κ3) is 3.68. The van der Waals surface area contributed by atoms with Crippen LogP contribution < -0.4 is 5.32 Å². The number of aryl methyl sites for hydroxylation is 2. The van der Waals surface area contributed by atoms with Crippen LogP contribution in [-0.4, -0.2) is 30.0 Å². The molecule has 0 aliphatic heterocycles. The molecule has 1 aromatic heterocycles. The average Bonchev–Trinajstić information content (AvgIpc) is 2.87. The lowest BCUT2D eigenvalue weighted by Gasteiger charge is -2.13. The Morgan fingerprint density at radius 2 is 1.95 bits per heavy atom. The lowest BCUT2D eigenvalue weighted by atomic mass is 10.0. The first-order valence-corrected chi connectivity index (χ1v) is 6.98. The van der Waals surface area contributed by atoms with E-state index < -0.39 is 0 Å². The summed E-state index contributed by atoms with van der Waals surface area (Å²) in [7, 11) is 1.72. The van der Waals surface area contributed by atoms with Gasteiger partial charge in [-0.2, -0.15) is 5.10 Å². The van der Waals surface area contributed by atoms with Crippen molar-refractivity contribution in [3.05, 3.63) is 52.8 Å². The average molecular weight is 273 g/mol. The number of hydrogen-bond donors (Lipinski definition) is 1. The quantitative estimate of drug-likeness (QED) is 0.787. The summed E-state index contributed by atoms with van der Waals surface area (Å²) < 4.78 is 7.10. The Balaban J connectivity index is 2.05. The summed E-state index contributed by atoms with van der Waals surface area (Å²) in [6.07, 6.45) is 1.86. The van der Waals surface area contributed by atoms with Crippen molar-refractivity contribution >= 4 is 0 Å². The molecule has 1 heterocycles. The molecule has 1 N–H and O–H groups in total. The van der Waals surface area contributed by atoms with Crippen molar-refractivity contribution in [3.8, 4) is 0 Å². The van der Waals surface area contributed by atoms with Crippen LogP contribution in [0.4, 0.5) is 0 Å². The van der Waals surface area contributed by atoms with Gasteiger partial charge in [-0.05, 0) is 36.6 Å². The summed E-state index contributed by atoms with van der Waals surface area (Å²) in [6, 6.07) is 8.47. The van der Waals surface area contributed by atoms with Gasteiger partial charge in [0.15, 0.2) is 0 Å². The predicted octanol–water partition coefficient (Wildman–Crippen LogP) is 2.28. The van der Waals surface area contributed by atoms with E-state index in [0.29, 0.717) is 0 Å². The van der Waals surface area contributed by atoms with Crippen LogP contribution in [0.15, 0.2) is 30.5 Å². The molecule has 2 aromatic rings. The largest absolute Gasteiger partial charge is 0.383 e. The first-order valence-electron chi connectivity index (χ1n) is 6.98. The zero-order chi connectivity index (χ0) is 14.4. The molecule has 4 heteroatoms. The number of benzene rings is 1. The molecule has 0 aliphatic carbocycles. The van der Waals surface area contributed by atoms with E-state index in [0.717, 1.165) is 26.2 Å². The summed E-state index contributed by atoms with van der Waals surface area (Å²) >= 11 is 0. The second-order valence-corrected chi connectivity index (χ2v) is 5.02. The van der Waals surface area contributed by atoms with Crippen molar-refractivity contribution in [1.82, 2.24) is 15.1 Å². The number of nitrogens with zero attached hydrogens (tertiary/aromatic N) is 2. The van der Waals surface area contributed by atoms with Crippen LogP contribution in [0.1, 0.15) is 22.4 Å². The Morgan fingerprint density at radius 3 is 2.65 bits per heavy atom. The standard InChI is InChI=1S/C16H23N3O/c1-13-5-4-6-14(2)16(13)12-19-15(7-8-18-19)11-17-9-10-20-3/h4-8,17H,9-12H2,1-3H3. The topological polar surface area (TPSA) is 39.1 Å². The number of methoxy groups -OCH3 is 1. The van der Waals surface area contributed by atoms with Crippen molar-refractivity contribution in [1.29, 1.82) is 0 Å². The van der Waals surface area contributed by atoms with Crippen molar-refractivity contribution in [2.24, 2.45) is 0 Å². The lowest BCUT2D eigenvalue weighted by Crippen LogP contribution is -2.21. The van der Waals surface area contributed by atoms with Gasteiger partial charge in [0.2, 0.25) is 0 Å². The van der Waals surface area contributed by atoms with E-state index in [2.05, 4.69) is 53.2 Å². The van der Waals surface area contributed by atoms with Gasteiger partial charge in [-0.25, -0.2) is 0 Å². The number of aromatic nitrogens is 2. The molecular weight excluding hydrogens is 250 g/mol. The summed E-state index contributed by atoms with van der Waals surface area (Å²) in [5.74, 6) is 0. The molecule has 0 unspecified atom stereocenters. The van der Waals surface area contributed by atoms with Crippen LogP contribution in [-0.2, 0) is 17.8 Å². The van der Waals surface area contributed by atoms with E-state index in [1.54, 1.807) is 7.11 Å². The molecule has 0 saturated carbocycles. The number of hydrogen-bond acceptors (Lipinski definition) is 3. The first kappa shape index (κ1) is 14.8. The van der Waals surface area contributed by atoms with Gasteiger partial charge < -0.3 is 10.1 Å². The first-order chi connectivity index (χ1) is 9.72. The van der Waals surface area contributed by atoms with E-state index in [1.165, 1.54) is 22.4 Å². The maximum atomic E-state index is 5.03. The second-order valence-electron chi connectivity index (χ2n) is 5.02. The Labute approximate surface area is 120 Å². The van der Waals surface area contributed by atoms with E-state index in [-0.39, 0.29) is 0 Å². The summed E-state index contributed by atoms with van der Waals surface area (Å²) in [5, 5.41) is 7.80. The van der Waals surface area contributed by atoms with Crippen molar-refractivity contribution in [2.75, 3.05) is 20.3 Å². The molecule has 0 spiro atoms. The Kier molecular flexibility index (Phi) is 5.32. The van der Waals surface area contributed by atoms with Crippen LogP contribution in [0, 0.1) is 13.8 Å². The summed E-state index contributed by atoms with van der Waals surface area (Å²) in [6.45, 7) is 7.53. The van der Waals surface area contributed by atoms with E-state index in [4.69, 9.17) is 4.74 Å². The van der Waals surface area contributed by atoms with E-state index in [9.17, 15) is 0 Å². The number of nitrogens with one attached hydrogen (secondary N) is 1. The van der Waals surface area contributed by atoms with Gasteiger partial charge in [-0.1, -0.05) is 18.2 Å². The van der Waals surface area contributed by atoms with E-state index >= 15 is 0 Å². The highest BCUT2D eigenvalue weighted by atomic mass is 16.5. The zero-order valence-corrected chi connectivity index (χ0v) is 12.5. The fourth-order valence-electron chi connectivity index (χ4n) is 2.29. The van der Waals surface area contributed by atoms with Crippen molar-refractivity contribution in [2.45, 2.75) is 26.9 Å². The molecule has 1 aromatic carbocycles. The molecule has 2 rings (SSSR count). The fourth-order valence-corrected chi connectivity index (χ4v) is 2.29. The lowest BCUT2D eigenvalue weighted by molar-refractivity contribution is 0.199. The highest BCUT2D eigenvalue weighted by Crippen LogP contribution is 2.15. The molecule has 20 heavy (non-hydrogen) atoms. The minimum atomic E-state index is 0.727. The Hall–Kier alpha value is -1.65. The zero-order valence-electron chi connectivity index (χ0n) is 12.5. The van der Waals surface area contributed by atoms with Gasteiger partial charge in [-0.15, -0.1) is 0 Å². The van der Waals surface area contributed by atoms with Gasteiger partial charge in [-0.3, -0.25) is 4.68 Å². The third-order valence-corrected chi connectivity index (χ3v) is 3.55. The summed E-state index contributed by atoms with van der Waals surface area (Å²) in [5.41, 5.74) is 5.19. The second kappa shape index (κ2) is 7.22. The molecule has 0 radical (unpaired) electrons. The number of rotatable bonds is 7. The molecule has 0 bridgehead atoms. The van der Waals surface area contributed by atoms with Crippen LogP contribution in [0.5, 0.6) is 0 Å². The molecule has 0 atom stereocenters. The maximum absolute atomic E-state index is 5.03. The summed E-state index contributed by atoms with van der Waals surface area (Å²) in [4.78, 5) is 0. The van der Waals surface area contributed by atoms with Crippen molar-refractivity contribution in [3.63, 3.8) is 0 Å². The SMILES string of the molecule is COCCNCc1ccnn1Cc1c(C)cccc1C. The Bertz CT molecular complexity index is 528. The normalized spacial score (nSPS) is 10.9. The van der Waals surface area contributed by atoms with Crippen LogP contribution >= 0.6 is 0 Å². The molecule has 0 fully saturated rings. The molecule has 0 amide bonds. The minimum Gasteiger partial charge on any atom is -0.383 e. The smallest absolute Gasteiger partial charge is 0.0668 e. The van der Waals surface area contributed by atoms with Gasteiger partial charge in [0.05, 0.1) is 18.8 Å². The predicted molar refractivity (Wildman–Crippen MR) is 80.8 cm³/mol. The van der Waals surface area contributed by atoms with Crippen LogP contribution in [0.2, 0.25) is 0 Å². The number of ether oxygens (including phenoxy) is 1. The van der Waals surface area contributed by atoms with Gasteiger partial charge in [0, 0.05) is 26.4 Å². The van der Waals surface area contributed by atoms with Gasteiger partial charge in [0.25, 0.3) is 0 Å². The van der Waals surface area contributed by atoms with Gasteiger partial charge >= 0.3 is 0 Å². The molecule has 0 aliphatic rings.